The van der Waals surface area contributed by atoms with E-state index in [4.69, 9.17) is 0 Å². The van der Waals surface area contributed by atoms with Gasteiger partial charge in [0.15, 0.2) is 0 Å². The molecule has 1 aromatic carbocycles. The van der Waals surface area contributed by atoms with Gasteiger partial charge >= 0.3 is 0 Å². The topological polar surface area (TPSA) is 0 Å². The molecule has 2 rings (SSSR count). The van der Waals surface area contributed by atoms with Crippen molar-refractivity contribution >= 4 is 6.08 Å². The molecule has 0 aromatic heterocycles. The van der Waals surface area contributed by atoms with Crippen LogP contribution in [0.2, 0.25) is 0 Å². The molecule has 2 heteroatoms. The molecule has 0 fully saturated rings. The first-order chi connectivity index (χ1) is 9.56. The van der Waals surface area contributed by atoms with Crippen LogP contribution in [0.3, 0.4) is 0 Å². The minimum absolute atomic E-state index is 0.162. The van der Waals surface area contributed by atoms with Crippen molar-refractivity contribution in [3.05, 3.63) is 64.3 Å². The molecule has 0 unspecified atom stereocenters. The van der Waals surface area contributed by atoms with Crippen molar-refractivity contribution < 1.29 is 8.78 Å². The molecule has 0 nitrogen and oxygen atoms in total. The Hall–Kier alpha value is -1.70. The first-order valence-electron chi connectivity index (χ1n) is 7.06. The third kappa shape index (κ3) is 4.44. The molecule has 0 bridgehead atoms. The smallest absolute Gasteiger partial charge is 0.130 e. The molecule has 0 atom stereocenters. The molecule has 1 aromatic rings. The van der Waals surface area contributed by atoms with Gasteiger partial charge in [-0.2, -0.15) is 0 Å². The molecule has 0 amide bonds. The average molecular weight is 276 g/mol. The summed E-state index contributed by atoms with van der Waals surface area (Å²) in [5, 5.41) is 0. The Morgan fingerprint density at radius 2 is 1.70 bits per heavy atom. The molecule has 20 heavy (non-hydrogen) atoms. The zero-order valence-corrected chi connectivity index (χ0v) is 12.6. The number of allylic oxidation sites excluding steroid dienone is 5. The second kappa shape index (κ2) is 7.78. The molecule has 0 heterocycles. The van der Waals surface area contributed by atoms with Gasteiger partial charge in [-0.15, -0.1) is 0 Å². The van der Waals surface area contributed by atoms with E-state index in [2.05, 4.69) is 0 Å². The average Bonchev–Trinajstić information content (AvgIpc) is 2.44. The lowest BCUT2D eigenvalue weighted by molar-refractivity contribution is 0.624. The van der Waals surface area contributed by atoms with E-state index < -0.39 is 0 Å². The standard InChI is InChI=1S/C16H16F2.C2H6/c1-11-3-7-14(16(18)9-11)8-6-13-5-4-12(2)15(17)10-13;1-2/h3,6-10H,4-5H2,1-2H3;1-2H3. The van der Waals surface area contributed by atoms with E-state index in [0.717, 1.165) is 29.6 Å². The molecule has 1 aliphatic carbocycles. The van der Waals surface area contributed by atoms with Crippen LogP contribution in [-0.4, -0.2) is 0 Å². The molecule has 0 spiro atoms. The summed E-state index contributed by atoms with van der Waals surface area (Å²) in [5.41, 5.74) is 3.12. The second-order valence-electron chi connectivity index (χ2n) is 4.71. The zero-order chi connectivity index (χ0) is 15.1. The highest BCUT2D eigenvalue weighted by Crippen LogP contribution is 2.25. The lowest BCUT2D eigenvalue weighted by atomic mass is 9.98. The van der Waals surface area contributed by atoms with Crippen LogP contribution in [0.5, 0.6) is 0 Å². The fraction of sp³-hybridized carbons (Fsp3) is 0.333. The Morgan fingerprint density at radius 1 is 1.00 bits per heavy atom. The van der Waals surface area contributed by atoms with Crippen LogP contribution in [0.25, 0.3) is 6.08 Å². The van der Waals surface area contributed by atoms with E-state index in [1.165, 1.54) is 12.1 Å². The summed E-state index contributed by atoms with van der Waals surface area (Å²) >= 11 is 0. The molecule has 0 N–H and O–H groups in total. The molecular weight excluding hydrogens is 254 g/mol. The largest absolute Gasteiger partial charge is 0.207 e. The van der Waals surface area contributed by atoms with Gasteiger partial charge in [0.25, 0.3) is 0 Å². The van der Waals surface area contributed by atoms with Gasteiger partial charge < -0.3 is 0 Å². The van der Waals surface area contributed by atoms with Gasteiger partial charge in [0.05, 0.1) is 0 Å². The Balaban J connectivity index is 0.000000956. The van der Waals surface area contributed by atoms with Gasteiger partial charge in [0.2, 0.25) is 0 Å². The number of halogens is 2. The van der Waals surface area contributed by atoms with Crippen molar-refractivity contribution in [1.82, 2.24) is 0 Å². The van der Waals surface area contributed by atoms with Gasteiger partial charge in [0, 0.05) is 5.56 Å². The Kier molecular flexibility index (Phi) is 6.37. The normalized spacial score (nSPS) is 15.0. The number of hydrogen-bond acceptors (Lipinski definition) is 0. The van der Waals surface area contributed by atoms with E-state index in [0.29, 0.717) is 5.56 Å². The van der Waals surface area contributed by atoms with Crippen LogP contribution in [0.1, 0.15) is 44.7 Å². The fourth-order valence-corrected chi connectivity index (χ4v) is 1.90. The van der Waals surface area contributed by atoms with Gasteiger partial charge in [-0.25, -0.2) is 8.78 Å². The summed E-state index contributed by atoms with van der Waals surface area (Å²) in [4.78, 5) is 0. The first-order valence-corrected chi connectivity index (χ1v) is 7.06. The lowest BCUT2D eigenvalue weighted by Gasteiger charge is -2.10. The van der Waals surface area contributed by atoms with Crippen molar-refractivity contribution in [2.75, 3.05) is 0 Å². The van der Waals surface area contributed by atoms with Crippen molar-refractivity contribution in [3.8, 4) is 0 Å². The van der Waals surface area contributed by atoms with Crippen LogP contribution in [-0.2, 0) is 0 Å². The van der Waals surface area contributed by atoms with E-state index in [9.17, 15) is 8.78 Å². The summed E-state index contributed by atoms with van der Waals surface area (Å²) in [6, 6.07) is 5.10. The molecule has 0 saturated heterocycles. The van der Waals surface area contributed by atoms with Crippen LogP contribution < -0.4 is 0 Å². The van der Waals surface area contributed by atoms with E-state index >= 15 is 0 Å². The van der Waals surface area contributed by atoms with Crippen LogP contribution in [0.4, 0.5) is 8.78 Å². The lowest BCUT2D eigenvalue weighted by Crippen LogP contribution is -1.92. The highest BCUT2D eigenvalue weighted by Gasteiger charge is 2.08. The maximum atomic E-state index is 13.6. The quantitative estimate of drug-likeness (QED) is 0.609. The van der Waals surface area contributed by atoms with Gasteiger partial charge in [-0.1, -0.05) is 38.1 Å². The number of rotatable bonds is 2. The molecule has 0 radical (unpaired) electrons. The van der Waals surface area contributed by atoms with E-state index in [-0.39, 0.29) is 11.6 Å². The summed E-state index contributed by atoms with van der Waals surface area (Å²) in [6.07, 6.45) is 6.57. The zero-order valence-electron chi connectivity index (χ0n) is 12.6. The third-order valence-electron chi connectivity index (χ3n) is 3.14. The Bertz CT molecular complexity index is 549. The van der Waals surface area contributed by atoms with Crippen molar-refractivity contribution in [1.29, 1.82) is 0 Å². The van der Waals surface area contributed by atoms with Crippen molar-refractivity contribution in [3.63, 3.8) is 0 Å². The number of aryl methyl sites for hydroxylation is 1. The molecule has 108 valence electrons. The molecule has 0 saturated carbocycles. The van der Waals surface area contributed by atoms with Gasteiger partial charge in [-0.05, 0) is 55.5 Å². The maximum Gasteiger partial charge on any atom is 0.130 e. The maximum absolute atomic E-state index is 13.6. The minimum Gasteiger partial charge on any atom is -0.207 e. The van der Waals surface area contributed by atoms with Gasteiger partial charge in [0.1, 0.15) is 11.6 Å². The van der Waals surface area contributed by atoms with E-state index in [1.807, 2.05) is 26.8 Å². The summed E-state index contributed by atoms with van der Waals surface area (Å²) in [5.74, 6) is -0.403. The summed E-state index contributed by atoms with van der Waals surface area (Å²) in [7, 11) is 0. The Morgan fingerprint density at radius 3 is 2.30 bits per heavy atom. The number of hydrogen-bond donors (Lipinski definition) is 0. The monoisotopic (exact) mass is 276 g/mol. The molecule has 0 aliphatic heterocycles. The summed E-state index contributed by atoms with van der Waals surface area (Å²) in [6.45, 7) is 7.65. The fourth-order valence-electron chi connectivity index (χ4n) is 1.90. The van der Waals surface area contributed by atoms with Crippen LogP contribution >= 0.6 is 0 Å². The van der Waals surface area contributed by atoms with E-state index in [1.54, 1.807) is 25.1 Å². The minimum atomic E-state index is -0.241. The third-order valence-corrected chi connectivity index (χ3v) is 3.14. The van der Waals surface area contributed by atoms with Crippen LogP contribution in [0.15, 0.2) is 47.3 Å². The predicted molar refractivity (Wildman–Crippen MR) is 82.6 cm³/mol. The SMILES string of the molecule is CC.CC1=C(F)C=C(C=Cc2ccc(C)cc2F)CC1. The van der Waals surface area contributed by atoms with Gasteiger partial charge in [-0.3, -0.25) is 0 Å². The molecular formula is C18H22F2. The second-order valence-corrected chi connectivity index (χ2v) is 4.71. The summed E-state index contributed by atoms with van der Waals surface area (Å²) < 4.78 is 27.0. The van der Waals surface area contributed by atoms with Crippen LogP contribution in [0, 0.1) is 12.7 Å². The predicted octanol–water partition coefficient (Wildman–Crippen LogP) is 6.14. The molecule has 1 aliphatic rings. The van der Waals surface area contributed by atoms with Crippen molar-refractivity contribution in [2.45, 2.75) is 40.5 Å². The number of benzene rings is 1. The Labute approximate surface area is 120 Å². The van der Waals surface area contributed by atoms with Crippen molar-refractivity contribution in [2.24, 2.45) is 0 Å². The highest BCUT2D eigenvalue weighted by molar-refractivity contribution is 5.55. The first kappa shape index (κ1) is 16.4. The highest BCUT2D eigenvalue weighted by atomic mass is 19.1.